The highest BCUT2D eigenvalue weighted by Gasteiger charge is 2.25. The number of hydrogen-bond acceptors (Lipinski definition) is 2. The van der Waals surface area contributed by atoms with Crippen molar-refractivity contribution in [2.45, 2.75) is 12.8 Å². The topological polar surface area (TPSA) is 42.1 Å². The first-order valence-electron chi connectivity index (χ1n) is 5.12. The highest BCUT2D eigenvalue weighted by Crippen LogP contribution is 2.35. The monoisotopic (exact) mass is 327 g/mol. The number of Topliss-reactive ketones (excluding diaryl/α,β-unsaturated/α-hetero) is 1. The molecule has 0 fully saturated rings. The predicted molar refractivity (Wildman–Crippen MR) is 70.2 cm³/mol. The molecule has 0 atom stereocenters. The number of halogens is 1. The quantitative estimate of drug-likeness (QED) is 0.819. The van der Waals surface area contributed by atoms with Crippen LogP contribution in [-0.2, 0) is 6.42 Å². The molecule has 0 saturated heterocycles. The number of aromatic amines is 1. The van der Waals surface area contributed by atoms with Crippen LogP contribution in [0.15, 0.2) is 12.1 Å². The van der Waals surface area contributed by atoms with Gasteiger partial charge in [-0.1, -0.05) is 0 Å². The molecule has 2 aromatic rings. The van der Waals surface area contributed by atoms with Gasteiger partial charge in [-0.25, -0.2) is 0 Å². The highest BCUT2D eigenvalue weighted by atomic mass is 127. The van der Waals surface area contributed by atoms with Crippen molar-refractivity contribution in [2.75, 3.05) is 7.11 Å². The standard InChI is InChI=1S/C12H10INO2/c1-16-9-5-3-7-6-2-4-8(15)11(6)14-12(7)10(9)13/h3,5,14H,2,4H2,1H3. The van der Waals surface area contributed by atoms with E-state index in [4.69, 9.17) is 4.74 Å². The number of benzene rings is 1. The SMILES string of the molecule is COc1ccc2c3c([nH]c2c1I)C(=O)CC3. The van der Waals surface area contributed by atoms with Crippen molar-refractivity contribution in [3.63, 3.8) is 0 Å². The van der Waals surface area contributed by atoms with Gasteiger partial charge in [-0.15, -0.1) is 0 Å². The molecule has 3 rings (SSSR count). The van der Waals surface area contributed by atoms with Gasteiger partial charge in [0.15, 0.2) is 5.78 Å². The average molecular weight is 327 g/mol. The minimum absolute atomic E-state index is 0.223. The zero-order valence-electron chi connectivity index (χ0n) is 8.76. The summed E-state index contributed by atoms with van der Waals surface area (Å²) in [5.74, 6) is 1.07. The van der Waals surface area contributed by atoms with E-state index in [1.165, 1.54) is 5.56 Å². The maximum Gasteiger partial charge on any atom is 0.179 e. The van der Waals surface area contributed by atoms with E-state index in [0.717, 1.165) is 32.3 Å². The fourth-order valence-electron chi connectivity index (χ4n) is 2.28. The molecule has 82 valence electrons. The Morgan fingerprint density at radius 1 is 1.38 bits per heavy atom. The number of hydrogen-bond donors (Lipinski definition) is 1. The number of nitrogens with one attached hydrogen (secondary N) is 1. The second-order valence-corrected chi connectivity index (χ2v) is 4.98. The number of carbonyl (C=O) groups is 1. The summed E-state index contributed by atoms with van der Waals surface area (Å²) >= 11 is 2.25. The number of fused-ring (bicyclic) bond motifs is 3. The molecule has 0 saturated carbocycles. The third kappa shape index (κ3) is 1.22. The first-order chi connectivity index (χ1) is 7.72. The van der Waals surface area contributed by atoms with Crippen molar-refractivity contribution in [1.82, 2.24) is 4.98 Å². The van der Waals surface area contributed by atoms with E-state index >= 15 is 0 Å². The fourth-order valence-corrected chi connectivity index (χ4v) is 3.11. The second kappa shape index (κ2) is 3.48. The maximum atomic E-state index is 11.6. The summed E-state index contributed by atoms with van der Waals surface area (Å²) in [5.41, 5.74) is 2.99. The number of H-pyrrole nitrogens is 1. The van der Waals surface area contributed by atoms with Crippen molar-refractivity contribution in [2.24, 2.45) is 0 Å². The summed E-state index contributed by atoms with van der Waals surface area (Å²) in [6, 6.07) is 3.99. The summed E-state index contributed by atoms with van der Waals surface area (Å²) in [4.78, 5) is 14.9. The molecule has 1 heterocycles. The van der Waals surface area contributed by atoms with Crippen molar-refractivity contribution < 1.29 is 9.53 Å². The van der Waals surface area contributed by atoms with Gasteiger partial charge in [0.25, 0.3) is 0 Å². The number of methoxy groups -OCH3 is 1. The summed E-state index contributed by atoms with van der Waals surface area (Å²) in [6.07, 6.45) is 1.50. The first-order valence-corrected chi connectivity index (χ1v) is 6.20. The van der Waals surface area contributed by atoms with E-state index in [0.29, 0.717) is 6.42 Å². The zero-order chi connectivity index (χ0) is 11.3. The Balaban J connectivity index is 2.36. The third-order valence-corrected chi connectivity index (χ3v) is 4.16. The Hall–Kier alpha value is -1.04. The largest absolute Gasteiger partial charge is 0.496 e. The van der Waals surface area contributed by atoms with Crippen molar-refractivity contribution >= 4 is 39.3 Å². The maximum absolute atomic E-state index is 11.6. The molecule has 1 N–H and O–H groups in total. The molecule has 1 aromatic carbocycles. The van der Waals surface area contributed by atoms with Gasteiger partial charge < -0.3 is 9.72 Å². The Morgan fingerprint density at radius 2 is 2.19 bits per heavy atom. The minimum atomic E-state index is 0.223. The van der Waals surface area contributed by atoms with Crippen LogP contribution in [0.5, 0.6) is 5.75 Å². The van der Waals surface area contributed by atoms with E-state index in [1.54, 1.807) is 7.11 Å². The number of ether oxygens (including phenoxy) is 1. The van der Waals surface area contributed by atoms with Gasteiger partial charge in [0.1, 0.15) is 5.75 Å². The van der Waals surface area contributed by atoms with Gasteiger partial charge in [-0.3, -0.25) is 4.79 Å². The lowest BCUT2D eigenvalue weighted by molar-refractivity contribution is 0.0990. The van der Waals surface area contributed by atoms with Crippen molar-refractivity contribution in [3.8, 4) is 5.75 Å². The molecule has 0 aliphatic heterocycles. The molecule has 1 aliphatic carbocycles. The highest BCUT2D eigenvalue weighted by molar-refractivity contribution is 14.1. The van der Waals surface area contributed by atoms with Crippen LogP contribution in [0, 0.1) is 3.57 Å². The molecule has 0 amide bonds. The number of ketones is 1. The van der Waals surface area contributed by atoms with Crippen LogP contribution in [0.2, 0.25) is 0 Å². The lowest BCUT2D eigenvalue weighted by atomic mass is 10.1. The van der Waals surface area contributed by atoms with Crippen LogP contribution in [0.1, 0.15) is 22.5 Å². The summed E-state index contributed by atoms with van der Waals surface area (Å²) in [6.45, 7) is 0. The van der Waals surface area contributed by atoms with E-state index < -0.39 is 0 Å². The Morgan fingerprint density at radius 3 is 2.94 bits per heavy atom. The van der Waals surface area contributed by atoms with Crippen molar-refractivity contribution in [1.29, 1.82) is 0 Å². The van der Waals surface area contributed by atoms with E-state index in [1.807, 2.05) is 12.1 Å². The van der Waals surface area contributed by atoms with Gasteiger partial charge in [0.2, 0.25) is 0 Å². The number of rotatable bonds is 1. The van der Waals surface area contributed by atoms with Crippen LogP contribution in [0.4, 0.5) is 0 Å². The van der Waals surface area contributed by atoms with E-state index in [9.17, 15) is 4.79 Å². The smallest absolute Gasteiger partial charge is 0.179 e. The summed E-state index contributed by atoms with van der Waals surface area (Å²) in [7, 11) is 1.66. The predicted octanol–water partition coefficient (Wildman–Crippen LogP) is 2.91. The van der Waals surface area contributed by atoms with E-state index in [-0.39, 0.29) is 5.78 Å². The van der Waals surface area contributed by atoms with Gasteiger partial charge in [-0.05, 0) is 46.7 Å². The molecule has 4 heteroatoms. The molecule has 1 aliphatic rings. The molecule has 16 heavy (non-hydrogen) atoms. The Bertz CT molecular complexity index is 601. The lowest BCUT2D eigenvalue weighted by Crippen LogP contribution is -1.92. The molecule has 0 spiro atoms. The van der Waals surface area contributed by atoms with E-state index in [2.05, 4.69) is 27.6 Å². The van der Waals surface area contributed by atoms with Crippen molar-refractivity contribution in [3.05, 3.63) is 27.0 Å². The minimum Gasteiger partial charge on any atom is -0.496 e. The molecule has 0 unspecified atom stereocenters. The van der Waals surface area contributed by atoms with Crippen LogP contribution in [0.25, 0.3) is 10.9 Å². The molecular weight excluding hydrogens is 317 g/mol. The number of aryl methyl sites for hydroxylation is 1. The Labute approximate surface area is 106 Å². The summed E-state index contributed by atoms with van der Waals surface area (Å²) < 4.78 is 6.31. The van der Waals surface area contributed by atoms with Gasteiger partial charge in [-0.2, -0.15) is 0 Å². The Kier molecular flexibility index (Phi) is 2.20. The fraction of sp³-hybridized carbons (Fsp3) is 0.250. The zero-order valence-corrected chi connectivity index (χ0v) is 10.9. The number of aromatic nitrogens is 1. The summed E-state index contributed by atoms with van der Waals surface area (Å²) in [5, 5.41) is 1.16. The van der Waals surface area contributed by atoms with Crippen LogP contribution >= 0.6 is 22.6 Å². The van der Waals surface area contributed by atoms with Crippen LogP contribution < -0.4 is 4.74 Å². The molecular formula is C12H10INO2. The van der Waals surface area contributed by atoms with Gasteiger partial charge in [0, 0.05) is 11.8 Å². The molecule has 3 nitrogen and oxygen atoms in total. The average Bonchev–Trinajstić information content (AvgIpc) is 2.81. The normalized spacial score (nSPS) is 14.5. The van der Waals surface area contributed by atoms with Crippen LogP contribution in [-0.4, -0.2) is 17.9 Å². The van der Waals surface area contributed by atoms with Gasteiger partial charge >= 0.3 is 0 Å². The molecule has 0 radical (unpaired) electrons. The lowest BCUT2D eigenvalue weighted by Gasteiger charge is -2.04. The molecule has 0 bridgehead atoms. The first kappa shape index (κ1) is 10.1. The third-order valence-electron chi connectivity index (χ3n) is 3.08. The second-order valence-electron chi connectivity index (χ2n) is 3.91. The number of carbonyl (C=O) groups excluding carboxylic acids is 1. The van der Waals surface area contributed by atoms with Gasteiger partial charge in [0.05, 0.1) is 21.9 Å². The van der Waals surface area contributed by atoms with Crippen LogP contribution in [0.3, 0.4) is 0 Å². The molecule has 1 aromatic heterocycles.